The van der Waals surface area contributed by atoms with Crippen LogP contribution in [0.1, 0.15) is 21.5 Å². The van der Waals surface area contributed by atoms with Crippen molar-refractivity contribution in [3.8, 4) is 5.82 Å². The summed E-state index contributed by atoms with van der Waals surface area (Å²) in [5.74, 6) is 0.795. The van der Waals surface area contributed by atoms with Gasteiger partial charge in [-0.15, -0.1) is 0 Å². The monoisotopic (exact) mass is 361 g/mol. The standard InChI is InChI=1S/C21H23N5O/c1-16-4-3-5-19(17(16)2)24-10-12-25(13-11-24)21(27)18-6-7-20(23-14-18)26-9-8-22-15-26/h3-9,14-15H,10-13H2,1-2H3. The summed E-state index contributed by atoms with van der Waals surface area (Å²) in [4.78, 5) is 25.5. The molecule has 4 rings (SSSR count). The van der Waals surface area contributed by atoms with Crippen LogP contribution < -0.4 is 4.90 Å². The van der Waals surface area contributed by atoms with Gasteiger partial charge in [-0.25, -0.2) is 9.97 Å². The number of anilines is 1. The van der Waals surface area contributed by atoms with Crippen LogP contribution in [0.3, 0.4) is 0 Å². The summed E-state index contributed by atoms with van der Waals surface area (Å²) < 4.78 is 1.82. The van der Waals surface area contributed by atoms with E-state index in [2.05, 4.69) is 46.9 Å². The van der Waals surface area contributed by atoms with Gasteiger partial charge in [-0.1, -0.05) is 12.1 Å². The molecule has 27 heavy (non-hydrogen) atoms. The molecule has 1 aliphatic heterocycles. The molecule has 0 spiro atoms. The number of hydrogen-bond acceptors (Lipinski definition) is 4. The number of pyridine rings is 1. The van der Waals surface area contributed by atoms with Crippen LogP contribution in [0.15, 0.2) is 55.2 Å². The normalized spacial score (nSPS) is 14.4. The second-order valence-electron chi connectivity index (χ2n) is 6.87. The Labute approximate surface area is 159 Å². The first kappa shape index (κ1) is 17.3. The summed E-state index contributed by atoms with van der Waals surface area (Å²) in [6, 6.07) is 10.1. The third-order valence-electron chi connectivity index (χ3n) is 5.25. The van der Waals surface area contributed by atoms with Crippen LogP contribution in [-0.4, -0.2) is 51.5 Å². The summed E-state index contributed by atoms with van der Waals surface area (Å²) in [7, 11) is 0. The quantitative estimate of drug-likeness (QED) is 0.720. The zero-order chi connectivity index (χ0) is 18.8. The highest BCUT2D eigenvalue weighted by molar-refractivity contribution is 5.94. The average Bonchev–Trinajstić information content (AvgIpc) is 3.25. The minimum atomic E-state index is 0.0419. The third-order valence-corrected chi connectivity index (χ3v) is 5.25. The van der Waals surface area contributed by atoms with Gasteiger partial charge in [0.25, 0.3) is 5.91 Å². The van der Waals surface area contributed by atoms with Crippen molar-refractivity contribution in [2.24, 2.45) is 0 Å². The molecule has 1 saturated heterocycles. The van der Waals surface area contributed by atoms with E-state index in [4.69, 9.17) is 0 Å². The lowest BCUT2D eigenvalue weighted by molar-refractivity contribution is 0.0746. The Morgan fingerprint density at radius 2 is 1.85 bits per heavy atom. The van der Waals surface area contributed by atoms with Crippen molar-refractivity contribution in [1.29, 1.82) is 0 Å². The number of piperazine rings is 1. The SMILES string of the molecule is Cc1cccc(N2CCN(C(=O)c3ccc(-n4ccnc4)nc3)CC2)c1C. The van der Waals surface area contributed by atoms with Gasteiger partial charge in [-0.2, -0.15) is 0 Å². The molecule has 1 aliphatic rings. The predicted octanol–water partition coefficient (Wildman–Crippen LogP) is 2.85. The lowest BCUT2D eigenvalue weighted by atomic mass is 10.1. The zero-order valence-corrected chi connectivity index (χ0v) is 15.7. The Morgan fingerprint density at radius 3 is 2.52 bits per heavy atom. The summed E-state index contributed by atoms with van der Waals surface area (Å²) in [5, 5.41) is 0. The Balaban J connectivity index is 1.42. The van der Waals surface area contributed by atoms with E-state index in [1.54, 1.807) is 18.7 Å². The fraction of sp³-hybridized carbons (Fsp3) is 0.286. The fourth-order valence-corrected chi connectivity index (χ4v) is 3.47. The molecule has 0 N–H and O–H groups in total. The van der Waals surface area contributed by atoms with Crippen molar-refractivity contribution >= 4 is 11.6 Å². The summed E-state index contributed by atoms with van der Waals surface area (Å²) in [6.07, 6.45) is 6.87. The molecule has 0 radical (unpaired) electrons. The molecule has 138 valence electrons. The number of carbonyl (C=O) groups is 1. The van der Waals surface area contributed by atoms with E-state index in [9.17, 15) is 4.79 Å². The first-order valence-corrected chi connectivity index (χ1v) is 9.18. The largest absolute Gasteiger partial charge is 0.368 e. The van der Waals surface area contributed by atoms with Gasteiger partial charge in [0.05, 0.1) is 5.56 Å². The molecule has 1 fully saturated rings. The molecule has 1 amide bonds. The smallest absolute Gasteiger partial charge is 0.255 e. The van der Waals surface area contributed by atoms with Crippen LogP contribution >= 0.6 is 0 Å². The molecule has 0 aliphatic carbocycles. The van der Waals surface area contributed by atoms with E-state index < -0.39 is 0 Å². The van der Waals surface area contributed by atoms with Crippen molar-refractivity contribution < 1.29 is 4.79 Å². The van der Waals surface area contributed by atoms with Gasteiger partial charge in [0.2, 0.25) is 0 Å². The van der Waals surface area contributed by atoms with Crippen LogP contribution in [0.5, 0.6) is 0 Å². The molecule has 2 aromatic heterocycles. The van der Waals surface area contributed by atoms with E-state index in [0.717, 1.165) is 32.0 Å². The number of nitrogens with zero attached hydrogens (tertiary/aromatic N) is 5. The lowest BCUT2D eigenvalue weighted by Crippen LogP contribution is -2.49. The highest BCUT2D eigenvalue weighted by Crippen LogP contribution is 2.24. The van der Waals surface area contributed by atoms with Gasteiger partial charge in [-0.05, 0) is 43.2 Å². The van der Waals surface area contributed by atoms with Crippen molar-refractivity contribution in [2.45, 2.75) is 13.8 Å². The van der Waals surface area contributed by atoms with Gasteiger partial charge >= 0.3 is 0 Å². The molecule has 0 atom stereocenters. The van der Waals surface area contributed by atoms with Crippen LogP contribution in [0.25, 0.3) is 5.82 Å². The molecular formula is C21H23N5O. The maximum atomic E-state index is 12.8. The van der Waals surface area contributed by atoms with Crippen molar-refractivity contribution in [3.63, 3.8) is 0 Å². The highest BCUT2D eigenvalue weighted by Gasteiger charge is 2.23. The minimum Gasteiger partial charge on any atom is -0.368 e. The summed E-state index contributed by atoms with van der Waals surface area (Å²) in [6.45, 7) is 7.42. The van der Waals surface area contributed by atoms with Crippen molar-refractivity contribution in [3.05, 3.63) is 71.9 Å². The van der Waals surface area contributed by atoms with Crippen molar-refractivity contribution in [2.75, 3.05) is 31.1 Å². The number of rotatable bonds is 3. The number of aryl methyl sites for hydroxylation is 1. The van der Waals surface area contributed by atoms with Crippen LogP contribution in [0.4, 0.5) is 5.69 Å². The van der Waals surface area contributed by atoms with E-state index in [1.165, 1.54) is 16.8 Å². The molecule has 6 nitrogen and oxygen atoms in total. The second-order valence-corrected chi connectivity index (χ2v) is 6.87. The summed E-state index contributed by atoms with van der Waals surface area (Å²) >= 11 is 0. The van der Waals surface area contributed by atoms with Gasteiger partial charge in [0.1, 0.15) is 12.1 Å². The Hall–Kier alpha value is -3.15. The number of hydrogen-bond donors (Lipinski definition) is 0. The molecule has 0 unspecified atom stereocenters. The molecule has 3 aromatic rings. The molecule has 3 heterocycles. The van der Waals surface area contributed by atoms with Gasteiger partial charge in [-0.3, -0.25) is 9.36 Å². The van der Waals surface area contributed by atoms with Crippen LogP contribution in [0.2, 0.25) is 0 Å². The van der Waals surface area contributed by atoms with Gasteiger partial charge in [0.15, 0.2) is 0 Å². The first-order valence-electron chi connectivity index (χ1n) is 9.18. The number of amides is 1. The maximum absolute atomic E-state index is 12.8. The first-order chi connectivity index (χ1) is 13.1. The molecule has 0 saturated carbocycles. The van der Waals surface area contributed by atoms with E-state index >= 15 is 0 Å². The second kappa shape index (κ2) is 7.23. The lowest BCUT2D eigenvalue weighted by Gasteiger charge is -2.37. The highest BCUT2D eigenvalue weighted by atomic mass is 16.2. The molecule has 6 heteroatoms. The summed E-state index contributed by atoms with van der Waals surface area (Å²) in [5.41, 5.74) is 4.51. The van der Waals surface area contributed by atoms with Crippen LogP contribution in [-0.2, 0) is 0 Å². The van der Waals surface area contributed by atoms with E-state index in [-0.39, 0.29) is 5.91 Å². The van der Waals surface area contributed by atoms with Gasteiger partial charge < -0.3 is 9.80 Å². The predicted molar refractivity (Wildman–Crippen MR) is 105 cm³/mol. The zero-order valence-electron chi connectivity index (χ0n) is 15.7. The van der Waals surface area contributed by atoms with Gasteiger partial charge in [0, 0.05) is 50.5 Å². The maximum Gasteiger partial charge on any atom is 0.255 e. The van der Waals surface area contributed by atoms with Crippen molar-refractivity contribution in [1.82, 2.24) is 19.4 Å². The average molecular weight is 361 g/mol. The Kier molecular flexibility index (Phi) is 4.62. The Bertz CT molecular complexity index is 926. The number of carbonyl (C=O) groups excluding carboxylic acids is 1. The minimum absolute atomic E-state index is 0.0419. The number of aromatic nitrogens is 3. The molecule has 0 bridgehead atoms. The van der Waals surface area contributed by atoms with E-state index in [1.807, 2.05) is 27.8 Å². The molecule has 1 aromatic carbocycles. The number of benzene rings is 1. The Morgan fingerprint density at radius 1 is 1.04 bits per heavy atom. The molecular weight excluding hydrogens is 338 g/mol. The topological polar surface area (TPSA) is 54.3 Å². The van der Waals surface area contributed by atoms with E-state index in [0.29, 0.717) is 5.56 Å². The number of imidazole rings is 1. The third kappa shape index (κ3) is 3.43. The fourth-order valence-electron chi connectivity index (χ4n) is 3.47. The van der Waals surface area contributed by atoms with Crippen LogP contribution in [0, 0.1) is 13.8 Å².